The Morgan fingerprint density at radius 3 is 3.00 bits per heavy atom. The maximum atomic E-state index is 6.12. The molecule has 4 nitrogen and oxygen atoms in total. The lowest BCUT2D eigenvalue weighted by atomic mass is 10.2. The van der Waals surface area contributed by atoms with Crippen LogP contribution in [0.1, 0.15) is 18.2 Å². The normalized spacial score (nSPS) is 10.6. The summed E-state index contributed by atoms with van der Waals surface area (Å²) in [5.74, 6) is 0.658. The Bertz CT molecular complexity index is 525. The number of imidazole rings is 1. The highest BCUT2D eigenvalue weighted by molar-refractivity contribution is 6.32. The molecule has 2 rings (SSSR count). The van der Waals surface area contributed by atoms with Crippen LogP contribution in [0.15, 0.2) is 30.7 Å². The Hall–Kier alpha value is -1.52. The van der Waals surface area contributed by atoms with E-state index in [0.29, 0.717) is 23.9 Å². The molecule has 2 aromatic rings. The molecule has 0 amide bonds. The van der Waals surface area contributed by atoms with Crippen molar-refractivity contribution in [1.82, 2.24) is 9.55 Å². The average molecular weight is 266 g/mol. The summed E-state index contributed by atoms with van der Waals surface area (Å²) in [4.78, 5) is 4.10. The number of nitrogens with two attached hydrogens (primary N) is 1. The molecule has 0 bridgehead atoms. The topological polar surface area (TPSA) is 53.1 Å². The van der Waals surface area contributed by atoms with Crippen molar-refractivity contribution in [3.8, 4) is 5.75 Å². The molecule has 0 saturated heterocycles. The second kappa shape index (κ2) is 5.89. The van der Waals surface area contributed by atoms with Crippen LogP contribution in [0.25, 0.3) is 0 Å². The number of aromatic nitrogens is 2. The zero-order valence-electron chi connectivity index (χ0n) is 10.3. The third-order valence-corrected chi connectivity index (χ3v) is 3.07. The van der Waals surface area contributed by atoms with Crippen LogP contribution in [0.5, 0.6) is 5.75 Å². The number of ether oxygens (including phenoxy) is 1. The highest BCUT2D eigenvalue weighted by atomic mass is 35.5. The predicted molar refractivity (Wildman–Crippen MR) is 71.6 cm³/mol. The van der Waals surface area contributed by atoms with E-state index < -0.39 is 0 Å². The highest BCUT2D eigenvalue weighted by Gasteiger charge is 2.08. The lowest BCUT2D eigenvalue weighted by Gasteiger charge is -2.12. The minimum atomic E-state index is 0.406. The monoisotopic (exact) mass is 265 g/mol. The quantitative estimate of drug-likeness (QED) is 0.904. The van der Waals surface area contributed by atoms with E-state index in [1.54, 1.807) is 18.6 Å². The summed E-state index contributed by atoms with van der Waals surface area (Å²) in [5, 5.41) is 0.584. The van der Waals surface area contributed by atoms with Gasteiger partial charge in [-0.2, -0.15) is 0 Å². The molecule has 1 aromatic carbocycles. The molecule has 0 saturated carbocycles. The molecule has 18 heavy (non-hydrogen) atoms. The molecule has 0 aliphatic heterocycles. The van der Waals surface area contributed by atoms with Crippen LogP contribution < -0.4 is 10.5 Å². The van der Waals surface area contributed by atoms with Gasteiger partial charge in [0.1, 0.15) is 12.4 Å². The van der Waals surface area contributed by atoms with Crippen molar-refractivity contribution < 1.29 is 4.74 Å². The molecule has 0 spiro atoms. The fourth-order valence-electron chi connectivity index (χ4n) is 1.78. The van der Waals surface area contributed by atoms with Crippen molar-refractivity contribution in [1.29, 1.82) is 0 Å². The van der Waals surface area contributed by atoms with Crippen LogP contribution in [0.3, 0.4) is 0 Å². The molecular weight excluding hydrogens is 250 g/mol. The molecule has 0 fully saturated rings. The predicted octanol–water partition coefficient (Wildman–Crippen LogP) is 2.59. The zero-order chi connectivity index (χ0) is 13.0. The molecule has 96 valence electrons. The number of hydrogen-bond acceptors (Lipinski definition) is 3. The number of benzene rings is 1. The van der Waals surface area contributed by atoms with Gasteiger partial charge in [0.05, 0.1) is 23.2 Å². The van der Waals surface area contributed by atoms with Crippen molar-refractivity contribution in [3.63, 3.8) is 0 Å². The fourth-order valence-corrected chi connectivity index (χ4v) is 2.02. The van der Waals surface area contributed by atoms with Crippen LogP contribution in [0.2, 0.25) is 5.02 Å². The van der Waals surface area contributed by atoms with Gasteiger partial charge >= 0.3 is 0 Å². The van der Waals surface area contributed by atoms with E-state index in [1.807, 2.05) is 16.7 Å². The summed E-state index contributed by atoms with van der Waals surface area (Å²) >= 11 is 6.12. The molecular formula is C13H16ClN3O. The van der Waals surface area contributed by atoms with Gasteiger partial charge in [-0.15, -0.1) is 0 Å². The van der Waals surface area contributed by atoms with Crippen LogP contribution in [0.4, 0.5) is 0 Å². The Morgan fingerprint density at radius 1 is 1.44 bits per heavy atom. The van der Waals surface area contributed by atoms with Gasteiger partial charge in [0.25, 0.3) is 0 Å². The van der Waals surface area contributed by atoms with Gasteiger partial charge in [0, 0.05) is 18.7 Å². The Morgan fingerprint density at radius 2 is 2.28 bits per heavy atom. The van der Waals surface area contributed by atoms with Gasteiger partial charge < -0.3 is 15.0 Å². The van der Waals surface area contributed by atoms with E-state index in [9.17, 15) is 0 Å². The van der Waals surface area contributed by atoms with Crippen molar-refractivity contribution in [2.24, 2.45) is 5.73 Å². The standard InChI is InChI=1S/C13H16ClN3O/c1-2-17-9-16-7-11(17)8-18-13-10(6-15)4-3-5-12(13)14/h3-5,7,9H,2,6,8,15H2,1H3. The summed E-state index contributed by atoms with van der Waals surface area (Å²) in [6.45, 7) is 3.77. The van der Waals surface area contributed by atoms with Crippen molar-refractivity contribution >= 4 is 11.6 Å². The zero-order valence-corrected chi connectivity index (χ0v) is 11.0. The van der Waals surface area contributed by atoms with Crippen LogP contribution in [0, 0.1) is 0 Å². The van der Waals surface area contributed by atoms with Gasteiger partial charge in [0.2, 0.25) is 0 Å². The van der Waals surface area contributed by atoms with E-state index in [2.05, 4.69) is 11.9 Å². The molecule has 1 aromatic heterocycles. The summed E-state index contributed by atoms with van der Waals surface area (Å²) in [6, 6.07) is 5.58. The molecule has 0 unspecified atom stereocenters. The lowest BCUT2D eigenvalue weighted by molar-refractivity contribution is 0.292. The van der Waals surface area contributed by atoms with Crippen LogP contribution in [-0.2, 0) is 19.7 Å². The number of aryl methyl sites for hydroxylation is 1. The maximum absolute atomic E-state index is 6.12. The first-order valence-corrected chi connectivity index (χ1v) is 6.23. The van der Waals surface area contributed by atoms with Crippen molar-refractivity contribution in [3.05, 3.63) is 47.0 Å². The number of rotatable bonds is 5. The minimum absolute atomic E-state index is 0.406. The van der Waals surface area contributed by atoms with E-state index in [1.165, 1.54) is 0 Å². The summed E-state index contributed by atoms with van der Waals surface area (Å²) < 4.78 is 7.80. The van der Waals surface area contributed by atoms with E-state index in [0.717, 1.165) is 17.8 Å². The lowest BCUT2D eigenvalue weighted by Crippen LogP contribution is -2.06. The van der Waals surface area contributed by atoms with Gasteiger partial charge in [-0.1, -0.05) is 23.7 Å². The number of para-hydroxylation sites is 1. The van der Waals surface area contributed by atoms with Crippen molar-refractivity contribution in [2.75, 3.05) is 0 Å². The summed E-state index contributed by atoms with van der Waals surface area (Å²) in [5.41, 5.74) is 7.59. The number of halogens is 1. The first-order chi connectivity index (χ1) is 8.76. The van der Waals surface area contributed by atoms with Crippen LogP contribution in [-0.4, -0.2) is 9.55 Å². The fraction of sp³-hybridized carbons (Fsp3) is 0.308. The van der Waals surface area contributed by atoms with Gasteiger partial charge in [-0.3, -0.25) is 0 Å². The molecule has 0 atom stereocenters. The molecule has 0 radical (unpaired) electrons. The summed E-state index contributed by atoms with van der Waals surface area (Å²) in [7, 11) is 0. The first kappa shape index (κ1) is 12.9. The molecule has 5 heteroatoms. The molecule has 0 aliphatic rings. The van der Waals surface area contributed by atoms with Gasteiger partial charge in [-0.05, 0) is 13.0 Å². The minimum Gasteiger partial charge on any atom is -0.485 e. The SMILES string of the molecule is CCn1cncc1COc1c(Cl)cccc1CN. The van der Waals surface area contributed by atoms with Gasteiger partial charge in [0.15, 0.2) is 0 Å². The Kier molecular flexibility index (Phi) is 4.23. The summed E-state index contributed by atoms with van der Waals surface area (Å²) in [6.07, 6.45) is 3.58. The van der Waals surface area contributed by atoms with E-state index in [4.69, 9.17) is 22.1 Å². The molecule has 2 N–H and O–H groups in total. The first-order valence-electron chi connectivity index (χ1n) is 5.85. The molecule has 1 heterocycles. The third kappa shape index (κ3) is 2.66. The van der Waals surface area contributed by atoms with Crippen LogP contribution >= 0.6 is 11.6 Å². The second-order valence-corrected chi connectivity index (χ2v) is 4.30. The largest absolute Gasteiger partial charge is 0.485 e. The van der Waals surface area contributed by atoms with E-state index >= 15 is 0 Å². The number of hydrogen-bond donors (Lipinski definition) is 1. The third-order valence-electron chi connectivity index (χ3n) is 2.77. The maximum Gasteiger partial charge on any atom is 0.142 e. The molecule has 0 aliphatic carbocycles. The number of nitrogens with zero attached hydrogens (tertiary/aromatic N) is 2. The highest BCUT2D eigenvalue weighted by Crippen LogP contribution is 2.29. The Labute approximate surface area is 111 Å². The second-order valence-electron chi connectivity index (χ2n) is 3.89. The smallest absolute Gasteiger partial charge is 0.142 e. The average Bonchev–Trinajstić information content (AvgIpc) is 2.84. The van der Waals surface area contributed by atoms with Crippen molar-refractivity contribution in [2.45, 2.75) is 26.6 Å². The Balaban J connectivity index is 2.15. The van der Waals surface area contributed by atoms with Gasteiger partial charge in [-0.25, -0.2) is 4.98 Å². The van der Waals surface area contributed by atoms with E-state index in [-0.39, 0.29) is 0 Å².